The zero-order chi connectivity index (χ0) is 23.4. The Hall–Kier alpha value is -2.09. The van der Waals surface area contributed by atoms with Crippen LogP contribution >= 0.6 is 11.6 Å². The predicted octanol–water partition coefficient (Wildman–Crippen LogP) is 4.79. The Labute approximate surface area is 200 Å². The molecule has 4 aliphatic rings. The molecular formula is C25H34ClN5O2. The fourth-order valence-electron chi connectivity index (χ4n) is 6.32. The molecule has 178 valence electrons. The first-order valence-electron chi connectivity index (χ1n) is 11.8. The van der Waals surface area contributed by atoms with Crippen LogP contribution < -0.4 is 10.2 Å². The third kappa shape index (κ3) is 3.94. The first-order valence-corrected chi connectivity index (χ1v) is 12.2. The minimum absolute atomic E-state index is 0.152. The van der Waals surface area contributed by atoms with E-state index in [9.17, 15) is 5.11 Å². The van der Waals surface area contributed by atoms with Crippen molar-refractivity contribution in [2.24, 2.45) is 11.3 Å². The second kappa shape index (κ2) is 8.00. The molecular weight excluding hydrogens is 438 g/mol. The lowest BCUT2D eigenvalue weighted by Gasteiger charge is -2.70. The molecule has 8 heteroatoms. The van der Waals surface area contributed by atoms with Crippen molar-refractivity contribution in [1.29, 1.82) is 5.41 Å². The van der Waals surface area contributed by atoms with E-state index in [0.29, 0.717) is 10.4 Å². The number of anilines is 3. The van der Waals surface area contributed by atoms with Gasteiger partial charge >= 0.3 is 0 Å². The number of methoxy groups -OCH3 is 1. The Balaban J connectivity index is 1.31. The first kappa shape index (κ1) is 22.7. The maximum absolute atomic E-state index is 10.4. The maximum atomic E-state index is 10.4. The predicted molar refractivity (Wildman–Crippen MR) is 132 cm³/mol. The molecule has 1 aliphatic heterocycles. The lowest BCUT2D eigenvalue weighted by Crippen LogP contribution is -2.69. The van der Waals surface area contributed by atoms with Crippen LogP contribution in [0.15, 0.2) is 24.5 Å². The number of nitrogens with one attached hydrogen (secondary N) is 2. The van der Waals surface area contributed by atoms with Crippen LogP contribution in [0.25, 0.3) is 0 Å². The van der Waals surface area contributed by atoms with Gasteiger partial charge in [-0.2, -0.15) is 5.10 Å². The van der Waals surface area contributed by atoms with Crippen LogP contribution in [0.4, 0.5) is 17.1 Å². The summed E-state index contributed by atoms with van der Waals surface area (Å²) in [7, 11) is 1.78. The van der Waals surface area contributed by atoms with Crippen LogP contribution in [0.2, 0.25) is 5.02 Å². The highest BCUT2D eigenvalue weighted by Crippen LogP contribution is 2.71. The number of aliphatic hydroxyl groups is 1. The van der Waals surface area contributed by atoms with Gasteiger partial charge in [0.2, 0.25) is 0 Å². The minimum atomic E-state index is -0.656. The molecule has 6 rings (SSSR count). The SMILES string of the molecule is COCC12CC(n3cc(Nc4cc(N5CCC(C(C)(C)O)CC5)c(Cl)cc4C=N)cn3)(C1)C2. The highest BCUT2D eigenvalue weighted by molar-refractivity contribution is 6.33. The van der Waals surface area contributed by atoms with Crippen LogP contribution in [0.5, 0.6) is 0 Å². The number of halogens is 1. The van der Waals surface area contributed by atoms with Crippen molar-refractivity contribution < 1.29 is 9.84 Å². The van der Waals surface area contributed by atoms with Gasteiger partial charge in [-0.1, -0.05) is 11.6 Å². The molecule has 3 saturated carbocycles. The highest BCUT2D eigenvalue weighted by Gasteiger charge is 2.69. The van der Waals surface area contributed by atoms with E-state index >= 15 is 0 Å². The third-order valence-electron chi connectivity index (χ3n) is 8.02. The van der Waals surface area contributed by atoms with E-state index in [2.05, 4.69) is 26.2 Å². The highest BCUT2D eigenvalue weighted by atomic mass is 35.5. The summed E-state index contributed by atoms with van der Waals surface area (Å²) in [6.45, 7) is 6.32. The molecule has 0 amide bonds. The largest absolute Gasteiger partial charge is 0.390 e. The summed E-state index contributed by atoms with van der Waals surface area (Å²) in [5.74, 6) is 0.289. The topological polar surface area (TPSA) is 86.4 Å². The number of aromatic nitrogens is 2. The second-order valence-electron chi connectivity index (χ2n) is 10.9. The van der Waals surface area contributed by atoms with Crippen LogP contribution in [0, 0.1) is 16.7 Å². The van der Waals surface area contributed by atoms with E-state index in [-0.39, 0.29) is 11.5 Å². The summed E-state index contributed by atoms with van der Waals surface area (Å²) in [4.78, 5) is 2.28. The van der Waals surface area contributed by atoms with Gasteiger partial charge in [0.15, 0.2) is 0 Å². The van der Waals surface area contributed by atoms with Gasteiger partial charge in [0, 0.05) is 49.3 Å². The fourth-order valence-corrected chi connectivity index (χ4v) is 6.61. The molecule has 1 aromatic heterocycles. The van der Waals surface area contributed by atoms with E-state index < -0.39 is 5.60 Å². The zero-order valence-electron chi connectivity index (χ0n) is 19.7. The summed E-state index contributed by atoms with van der Waals surface area (Å²) in [6.07, 6.45) is 10.5. The number of nitrogens with zero attached hydrogens (tertiary/aromatic N) is 3. The molecule has 3 N–H and O–H groups in total. The number of benzene rings is 1. The minimum Gasteiger partial charge on any atom is -0.390 e. The molecule has 0 atom stereocenters. The lowest BCUT2D eigenvalue weighted by atomic mass is 9.39. The Kier molecular flexibility index (Phi) is 5.50. The average molecular weight is 472 g/mol. The van der Waals surface area contributed by atoms with Crippen LogP contribution in [-0.2, 0) is 10.3 Å². The Morgan fingerprint density at radius 3 is 2.61 bits per heavy atom. The summed E-state index contributed by atoms with van der Waals surface area (Å²) >= 11 is 6.63. The standard InChI is InChI=1S/C25H34ClN5O2/c1-23(2,32)18-4-6-30(7-5-18)22-9-21(17(10-27)8-20(22)26)29-19-11-28-31(12-19)25-13-24(14-25,15-25)16-33-3/h8-12,18,27,29,32H,4-7,13-16H2,1-3H3. The lowest BCUT2D eigenvalue weighted by molar-refractivity contribution is -0.217. The Bertz CT molecular complexity index is 1030. The Morgan fingerprint density at radius 1 is 1.30 bits per heavy atom. The van der Waals surface area contributed by atoms with Crippen molar-refractivity contribution in [3.63, 3.8) is 0 Å². The summed E-state index contributed by atoms with van der Waals surface area (Å²) in [5.41, 5.74) is 3.33. The van der Waals surface area contributed by atoms with Crippen molar-refractivity contribution in [2.75, 3.05) is 37.0 Å². The average Bonchev–Trinajstić information content (AvgIpc) is 3.18. The molecule has 0 radical (unpaired) electrons. The number of piperidine rings is 1. The summed E-state index contributed by atoms with van der Waals surface area (Å²) < 4.78 is 7.49. The monoisotopic (exact) mass is 471 g/mol. The van der Waals surface area contributed by atoms with Crippen molar-refractivity contribution in [1.82, 2.24) is 9.78 Å². The molecule has 33 heavy (non-hydrogen) atoms. The molecule has 7 nitrogen and oxygen atoms in total. The number of ether oxygens (including phenoxy) is 1. The number of hydrogen-bond donors (Lipinski definition) is 3. The third-order valence-corrected chi connectivity index (χ3v) is 8.32. The molecule has 2 aromatic rings. The van der Waals surface area contributed by atoms with Gasteiger partial charge in [-0.25, -0.2) is 0 Å². The fraction of sp³-hybridized carbons (Fsp3) is 0.600. The van der Waals surface area contributed by atoms with Crippen molar-refractivity contribution in [3.05, 3.63) is 35.1 Å². The zero-order valence-corrected chi connectivity index (χ0v) is 20.5. The van der Waals surface area contributed by atoms with E-state index in [1.807, 2.05) is 32.2 Å². The molecule has 0 unspecified atom stereocenters. The Morgan fingerprint density at radius 2 is 2.00 bits per heavy atom. The molecule has 1 saturated heterocycles. The van der Waals surface area contributed by atoms with E-state index in [1.165, 1.54) is 6.21 Å². The van der Waals surface area contributed by atoms with Crippen LogP contribution in [0.1, 0.15) is 51.5 Å². The van der Waals surface area contributed by atoms with Crippen molar-refractivity contribution >= 4 is 34.9 Å². The van der Waals surface area contributed by atoms with Crippen molar-refractivity contribution in [3.8, 4) is 0 Å². The van der Waals surface area contributed by atoms with Gasteiger partial charge in [-0.15, -0.1) is 0 Å². The maximum Gasteiger partial charge on any atom is 0.0770 e. The van der Waals surface area contributed by atoms with Gasteiger partial charge in [0.05, 0.1) is 40.3 Å². The van der Waals surface area contributed by atoms with Gasteiger partial charge in [0.25, 0.3) is 0 Å². The quantitative estimate of drug-likeness (QED) is 0.482. The van der Waals surface area contributed by atoms with Gasteiger partial charge in [-0.3, -0.25) is 4.68 Å². The van der Waals surface area contributed by atoms with Crippen LogP contribution in [0.3, 0.4) is 0 Å². The molecule has 4 fully saturated rings. The van der Waals surface area contributed by atoms with Crippen LogP contribution in [-0.4, -0.2) is 53.5 Å². The van der Waals surface area contributed by atoms with E-state index in [4.69, 9.17) is 21.7 Å². The van der Waals surface area contributed by atoms with E-state index in [0.717, 1.165) is 74.4 Å². The summed E-state index contributed by atoms with van der Waals surface area (Å²) in [5, 5.41) is 27.0. The van der Waals surface area contributed by atoms with E-state index in [1.54, 1.807) is 7.11 Å². The molecule has 3 aliphatic carbocycles. The second-order valence-corrected chi connectivity index (χ2v) is 11.3. The smallest absolute Gasteiger partial charge is 0.0770 e. The molecule has 2 heterocycles. The molecule has 2 bridgehead atoms. The number of rotatable bonds is 8. The van der Waals surface area contributed by atoms with Gasteiger partial charge in [-0.05, 0) is 64.0 Å². The summed E-state index contributed by atoms with van der Waals surface area (Å²) in [6, 6.07) is 3.90. The molecule has 0 spiro atoms. The first-order chi connectivity index (χ1) is 15.7. The molecule has 1 aromatic carbocycles. The normalized spacial score (nSPS) is 27.1. The van der Waals surface area contributed by atoms with Crippen molar-refractivity contribution in [2.45, 2.75) is 57.1 Å². The number of hydrogen-bond acceptors (Lipinski definition) is 6. The van der Waals surface area contributed by atoms with Gasteiger partial charge < -0.3 is 25.5 Å². The van der Waals surface area contributed by atoms with Gasteiger partial charge in [0.1, 0.15) is 0 Å².